The van der Waals surface area contributed by atoms with E-state index in [1.54, 1.807) is 0 Å². The Hall–Kier alpha value is -1.26. The van der Waals surface area contributed by atoms with Crippen LogP contribution in [0.15, 0.2) is 0 Å². The smallest absolute Gasteiger partial charge is 0.407 e. The monoisotopic (exact) mass is 270 g/mol. The van der Waals surface area contributed by atoms with Crippen LogP contribution < -0.4 is 10.6 Å². The highest BCUT2D eigenvalue weighted by molar-refractivity contribution is 5.76. The molecule has 0 aromatic rings. The molecule has 0 aromatic carbocycles. The third-order valence-corrected chi connectivity index (χ3v) is 2.99. The van der Waals surface area contributed by atoms with Crippen LogP contribution in [0.25, 0.3) is 0 Å². The van der Waals surface area contributed by atoms with Gasteiger partial charge in [0.1, 0.15) is 5.60 Å². The first kappa shape index (κ1) is 15.8. The maximum absolute atomic E-state index is 11.6. The standard InChI is InChI=1S/C14H26N2O3/c1-10-8-11(9-10)16-12(17)6-5-7-15-13(18)19-14(2,3)4/h10-11H,5-9H2,1-4H3,(H,15,18)(H,16,17). The van der Waals surface area contributed by atoms with E-state index in [9.17, 15) is 9.59 Å². The van der Waals surface area contributed by atoms with Gasteiger partial charge >= 0.3 is 6.09 Å². The van der Waals surface area contributed by atoms with Crippen LogP contribution in [-0.4, -0.2) is 30.2 Å². The molecule has 1 rings (SSSR count). The van der Waals surface area contributed by atoms with Gasteiger partial charge in [0, 0.05) is 19.0 Å². The highest BCUT2D eigenvalue weighted by Crippen LogP contribution is 2.26. The van der Waals surface area contributed by atoms with Gasteiger partial charge in [-0.25, -0.2) is 4.79 Å². The Morgan fingerprint density at radius 3 is 2.42 bits per heavy atom. The predicted octanol–water partition coefficient (Wildman–Crippen LogP) is 2.21. The molecule has 0 heterocycles. The fraction of sp³-hybridized carbons (Fsp3) is 0.857. The first-order chi connectivity index (χ1) is 8.76. The molecule has 0 atom stereocenters. The van der Waals surface area contributed by atoms with Crippen LogP contribution in [0.4, 0.5) is 4.79 Å². The maximum Gasteiger partial charge on any atom is 0.407 e. The molecule has 1 aliphatic rings. The first-order valence-electron chi connectivity index (χ1n) is 7.02. The van der Waals surface area contributed by atoms with Crippen LogP contribution in [0.5, 0.6) is 0 Å². The van der Waals surface area contributed by atoms with Gasteiger partial charge in [0.05, 0.1) is 0 Å². The summed E-state index contributed by atoms with van der Waals surface area (Å²) in [7, 11) is 0. The van der Waals surface area contributed by atoms with Gasteiger partial charge in [-0.1, -0.05) is 6.92 Å². The van der Waals surface area contributed by atoms with E-state index in [1.807, 2.05) is 20.8 Å². The van der Waals surface area contributed by atoms with Crippen molar-refractivity contribution in [3.63, 3.8) is 0 Å². The quantitative estimate of drug-likeness (QED) is 0.753. The van der Waals surface area contributed by atoms with Gasteiger partial charge in [-0.15, -0.1) is 0 Å². The highest BCUT2D eigenvalue weighted by Gasteiger charge is 2.26. The molecule has 5 heteroatoms. The Labute approximate surface area is 115 Å². The third-order valence-electron chi connectivity index (χ3n) is 2.99. The molecule has 0 radical (unpaired) electrons. The lowest BCUT2D eigenvalue weighted by molar-refractivity contribution is -0.122. The molecule has 0 unspecified atom stereocenters. The molecule has 5 nitrogen and oxygen atoms in total. The van der Waals surface area contributed by atoms with Crippen LogP contribution in [-0.2, 0) is 9.53 Å². The van der Waals surface area contributed by atoms with E-state index >= 15 is 0 Å². The number of rotatable bonds is 5. The molecule has 0 aromatic heterocycles. The fourth-order valence-corrected chi connectivity index (χ4v) is 2.07. The Balaban J connectivity index is 2.01. The van der Waals surface area contributed by atoms with Crippen molar-refractivity contribution in [2.75, 3.05) is 6.54 Å². The van der Waals surface area contributed by atoms with Gasteiger partial charge in [0.15, 0.2) is 0 Å². The average molecular weight is 270 g/mol. The van der Waals surface area contributed by atoms with E-state index in [0.29, 0.717) is 25.4 Å². The van der Waals surface area contributed by atoms with Gasteiger partial charge in [-0.2, -0.15) is 0 Å². The fourth-order valence-electron chi connectivity index (χ4n) is 2.07. The summed E-state index contributed by atoms with van der Waals surface area (Å²) in [5, 5.41) is 5.63. The SMILES string of the molecule is CC1CC(NC(=O)CCCNC(=O)OC(C)(C)C)C1. The number of carbonyl (C=O) groups is 2. The van der Waals surface area contributed by atoms with E-state index in [1.165, 1.54) is 0 Å². The van der Waals surface area contributed by atoms with Gasteiger partial charge in [0.2, 0.25) is 5.91 Å². The Morgan fingerprint density at radius 2 is 1.89 bits per heavy atom. The molecular formula is C14H26N2O3. The van der Waals surface area contributed by atoms with Crippen LogP contribution in [0.2, 0.25) is 0 Å². The van der Waals surface area contributed by atoms with E-state index in [0.717, 1.165) is 18.8 Å². The number of ether oxygens (including phenoxy) is 1. The summed E-state index contributed by atoms with van der Waals surface area (Å²) in [4.78, 5) is 22.9. The molecule has 0 saturated heterocycles. The number of hydrogen-bond donors (Lipinski definition) is 2. The second kappa shape index (κ2) is 6.78. The third kappa shape index (κ3) is 7.03. The molecular weight excluding hydrogens is 244 g/mol. The normalized spacial score (nSPS) is 22.3. The zero-order valence-corrected chi connectivity index (χ0v) is 12.4. The Morgan fingerprint density at radius 1 is 1.26 bits per heavy atom. The van der Waals surface area contributed by atoms with Gasteiger partial charge in [0.25, 0.3) is 0 Å². The molecule has 19 heavy (non-hydrogen) atoms. The number of nitrogens with one attached hydrogen (secondary N) is 2. The second-order valence-corrected chi connectivity index (χ2v) is 6.37. The highest BCUT2D eigenvalue weighted by atomic mass is 16.6. The summed E-state index contributed by atoms with van der Waals surface area (Å²) in [6, 6.07) is 0.362. The molecule has 1 aliphatic carbocycles. The number of carbonyl (C=O) groups excluding carboxylic acids is 2. The van der Waals surface area contributed by atoms with Crippen LogP contribution >= 0.6 is 0 Å². The van der Waals surface area contributed by atoms with Crippen LogP contribution in [0.1, 0.15) is 53.4 Å². The van der Waals surface area contributed by atoms with Crippen molar-refractivity contribution >= 4 is 12.0 Å². The van der Waals surface area contributed by atoms with Crippen molar-refractivity contribution in [1.29, 1.82) is 0 Å². The molecule has 0 spiro atoms. The molecule has 0 aliphatic heterocycles. The summed E-state index contributed by atoms with van der Waals surface area (Å²) in [6.45, 7) is 8.11. The van der Waals surface area contributed by atoms with Crippen molar-refractivity contribution in [2.24, 2.45) is 5.92 Å². The summed E-state index contributed by atoms with van der Waals surface area (Å²) in [6.07, 6.45) is 2.82. The van der Waals surface area contributed by atoms with E-state index in [4.69, 9.17) is 4.74 Å². The number of alkyl carbamates (subject to hydrolysis) is 1. The largest absolute Gasteiger partial charge is 0.444 e. The topological polar surface area (TPSA) is 67.4 Å². The van der Waals surface area contributed by atoms with Gasteiger partial charge < -0.3 is 15.4 Å². The molecule has 110 valence electrons. The van der Waals surface area contributed by atoms with Gasteiger partial charge in [-0.3, -0.25) is 4.79 Å². The second-order valence-electron chi connectivity index (χ2n) is 6.37. The zero-order valence-electron chi connectivity index (χ0n) is 12.4. The van der Waals surface area contributed by atoms with Crippen LogP contribution in [0.3, 0.4) is 0 Å². The molecule has 1 fully saturated rings. The summed E-state index contributed by atoms with van der Waals surface area (Å²) >= 11 is 0. The van der Waals surface area contributed by atoms with Crippen molar-refractivity contribution in [3.05, 3.63) is 0 Å². The predicted molar refractivity (Wildman–Crippen MR) is 73.8 cm³/mol. The molecule has 0 bridgehead atoms. The van der Waals surface area contributed by atoms with Crippen molar-refractivity contribution in [1.82, 2.24) is 10.6 Å². The minimum absolute atomic E-state index is 0.0721. The van der Waals surface area contributed by atoms with Crippen molar-refractivity contribution in [3.8, 4) is 0 Å². The Bertz CT molecular complexity index is 317. The number of hydrogen-bond acceptors (Lipinski definition) is 3. The van der Waals surface area contributed by atoms with E-state index in [-0.39, 0.29) is 5.91 Å². The van der Waals surface area contributed by atoms with Gasteiger partial charge in [-0.05, 0) is 46.0 Å². The lowest BCUT2D eigenvalue weighted by Crippen LogP contribution is -2.43. The van der Waals surface area contributed by atoms with E-state index < -0.39 is 11.7 Å². The maximum atomic E-state index is 11.6. The molecule has 1 saturated carbocycles. The summed E-state index contributed by atoms with van der Waals surface area (Å²) in [5.41, 5.74) is -0.484. The number of amides is 2. The lowest BCUT2D eigenvalue weighted by atomic mass is 9.82. The summed E-state index contributed by atoms with van der Waals surface area (Å²) < 4.78 is 5.10. The zero-order chi connectivity index (χ0) is 14.5. The minimum Gasteiger partial charge on any atom is -0.444 e. The Kier molecular flexibility index (Phi) is 5.63. The summed E-state index contributed by atoms with van der Waals surface area (Å²) in [5.74, 6) is 0.807. The van der Waals surface area contributed by atoms with E-state index in [2.05, 4.69) is 17.6 Å². The lowest BCUT2D eigenvalue weighted by Gasteiger charge is -2.33. The minimum atomic E-state index is -0.484. The first-order valence-corrected chi connectivity index (χ1v) is 7.02. The molecule has 2 N–H and O–H groups in total. The van der Waals surface area contributed by atoms with Crippen molar-refractivity contribution in [2.45, 2.75) is 65.0 Å². The van der Waals surface area contributed by atoms with Crippen LogP contribution in [0, 0.1) is 5.92 Å². The average Bonchev–Trinajstić information content (AvgIpc) is 2.20. The van der Waals surface area contributed by atoms with Crippen molar-refractivity contribution < 1.29 is 14.3 Å². The molecule has 2 amide bonds.